The SMILES string of the molecule is Cc1ccccc1N(c1cccc(-n2c3ccccc3c3cc(-c4ccc5c(c4)c4c(n5-c5ccccc5)CCC=C4)ccc32)c1)c1ccccc1C. The Morgan fingerprint density at radius 2 is 1.08 bits per heavy atom. The Morgan fingerprint density at radius 3 is 1.81 bits per heavy atom. The van der Waals surface area contributed by atoms with Crippen molar-refractivity contribution < 1.29 is 0 Å². The molecule has 0 radical (unpaired) electrons. The third-order valence-corrected chi connectivity index (χ3v) is 11.0. The van der Waals surface area contributed by atoms with Crippen molar-refractivity contribution in [2.75, 3.05) is 4.90 Å². The zero-order valence-corrected chi connectivity index (χ0v) is 30.0. The van der Waals surface area contributed by atoms with Crippen molar-refractivity contribution in [3.8, 4) is 22.5 Å². The first-order valence-electron chi connectivity index (χ1n) is 18.6. The van der Waals surface area contributed by atoms with Crippen molar-refractivity contribution in [2.45, 2.75) is 26.7 Å². The molecule has 0 saturated heterocycles. The number of hydrogen-bond acceptors (Lipinski definition) is 1. The van der Waals surface area contributed by atoms with Crippen LogP contribution in [0.2, 0.25) is 0 Å². The van der Waals surface area contributed by atoms with Crippen LogP contribution in [0.25, 0.3) is 61.3 Å². The van der Waals surface area contributed by atoms with E-state index in [0.717, 1.165) is 24.2 Å². The molecule has 10 rings (SSSR count). The molecule has 0 bridgehead atoms. The third kappa shape index (κ3) is 5.11. The van der Waals surface area contributed by atoms with E-state index >= 15 is 0 Å². The predicted octanol–water partition coefficient (Wildman–Crippen LogP) is 13.4. The second-order valence-electron chi connectivity index (χ2n) is 14.2. The Kier molecular flexibility index (Phi) is 7.40. The molecule has 2 aromatic heterocycles. The fraction of sp³-hybridized carbons (Fsp3) is 0.0800. The average Bonchev–Trinajstić information content (AvgIpc) is 3.72. The summed E-state index contributed by atoms with van der Waals surface area (Å²) < 4.78 is 4.89. The topological polar surface area (TPSA) is 13.1 Å². The zero-order valence-electron chi connectivity index (χ0n) is 30.0. The van der Waals surface area contributed by atoms with Gasteiger partial charge in [-0.2, -0.15) is 0 Å². The summed E-state index contributed by atoms with van der Waals surface area (Å²) in [5.74, 6) is 0. The van der Waals surface area contributed by atoms with Gasteiger partial charge in [0.15, 0.2) is 0 Å². The van der Waals surface area contributed by atoms with Crippen LogP contribution in [-0.4, -0.2) is 9.13 Å². The number of aromatic nitrogens is 2. The van der Waals surface area contributed by atoms with Crippen molar-refractivity contribution >= 4 is 55.8 Å². The third-order valence-electron chi connectivity index (χ3n) is 11.0. The highest BCUT2D eigenvalue weighted by Crippen LogP contribution is 2.42. The molecular formula is C50H39N3. The molecule has 0 saturated carbocycles. The minimum atomic E-state index is 1.05. The number of fused-ring (bicyclic) bond motifs is 6. The van der Waals surface area contributed by atoms with E-state index < -0.39 is 0 Å². The zero-order chi connectivity index (χ0) is 35.5. The largest absolute Gasteiger partial charge is 0.313 e. The van der Waals surface area contributed by atoms with Crippen LogP contribution in [0.5, 0.6) is 0 Å². The molecule has 0 N–H and O–H groups in total. The van der Waals surface area contributed by atoms with Gasteiger partial charge in [-0.1, -0.05) is 103 Å². The molecule has 9 aromatic rings. The van der Waals surface area contributed by atoms with Crippen LogP contribution < -0.4 is 4.90 Å². The molecule has 254 valence electrons. The standard InChI is InChI=1S/C50H39N3/c1-34-15-6-10-23-45(34)52(46-24-11-7-16-35(46)2)39-19-14-20-40(33-39)53-48-26-13-9-22-42(48)44-32-37(28-30-50(44)53)36-27-29-49-43(31-36)41-21-8-12-25-47(41)51(49)38-17-4-3-5-18-38/h3-11,13-24,26-33H,12,25H2,1-2H3. The van der Waals surface area contributed by atoms with Gasteiger partial charge in [-0.15, -0.1) is 0 Å². The molecule has 0 aliphatic heterocycles. The van der Waals surface area contributed by atoms with E-state index in [1.165, 1.54) is 83.3 Å². The lowest BCUT2D eigenvalue weighted by molar-refractivity contribution is 0.888. The molecule has 1 aliphatic rings. The lowest BCUT2D eigenvalue weighted by Crippen LogP contribution is -2.13. The summed E-state index contributed by atoms with van der Waals surface area (Å²) in [6.07, 6.45) is 6.77. The lowest BCUT2D eigenvalue weighted by atomic mass is 9.98. The van der Waals surface area contributed by atoms with Gasteiger partial charge < -0.3 is 14.0 Å². The number of allylic oxidation sites excluding steroid dienone is 1. The number of anilines is 3. The molecule has 0 spiro atoms. The summed E-state index contributed by atoms with van der Waals surface area (Å²) >= 11 is 0. The molecule has 7 aromatic carbocycles. The van der Waals surface area contributed by atoms with Crippen molar-refractivity contribution in [1.82, 2.24) is 9.13 Å². The maximum absolute atomic E-state index is 2.46. The second kappa shape index (κ2) is 12.6. The van der Waals surface area contributed by atoms with Gasteiger partial charge in [0.2, 0.25) is 0 Å². The smallest absolute Gasteiger partial charge is 0.0541 e. The highest BCUT2D eigenvalue weighted by Gasteiger charge is 2.21. The molecular weight excluding hydrogens is 643 g/mol. The average molecular weight is 682 g/mol. The number of rotatable bonds is 6. The van der Waals surface area contributed by atoms with Gasteiger partial charge in [-0.25, -0.2) is 0 Å². The van der Waals surface area contributed by atoms with Crippen LogP contribution in [0.1, 0.15) is 28.8 Å². The van der Waals surface area contributed by atoms with Gasteiger partial charge in [-0.3, -0.25) is 0 Å². The number of nitrogens with zero attached hydrogens (tertiary/aromatic N) is 3. The van der Waals surface area contributed by atoms with Crippen molar-refractivity contribution in [1.29, 1.82) is 0 Å². The first-order valence-corrected chi connectivity index (χ1v) is 18.6. The van der Waals surface area contributed by atoms with Crippen molar-refractivity contribution in [3.05, 3.63) is 192 Å². The Morgan fingerprint density at radius 1 is 0.472 bits per heavy atom. The maximum Gasteiger partial charge on any atom is 0.0541 e. The fourth-order valence-corrected chi connectivity index (χ4v) is 8.51. The van der Waals surface area contributed by atoms with E-state index in [1.54, 1.807) is 0 Å². The summed E-state index contributed by atoms with van der Waals surface area (Å²) in [7, 11) is 0. The molecule has 0 fully saturated rings. The molecule has 2 heterocycles. The van der Waals surface area contributed by atoms with Gasteiger partial charge in [0.1, 0.15) is 0 Å². The van der Waals surface area contributed by atoms with Crippen LogP contribution in [-0.2, 0) is 6.42 Å². The van der Waals surface area contributed by atoms with E-state index in [9.17, 15) is 0 Å². The van der Waals surface area contributed by atoms with Crippen molar-refractivity contribution in [2.24, 2.45) is 0 Å². The maximum atomic E-state index is 2.46. The monoisotopic (exact) mass is 681 g/mol. The minimum absolute atomic E-state index is 1.05. The van der Waals surface area contributed by atoms with E-state index in [-0.39, 0.29) is 0 Å². The van der Waals surface area contributed by atoms with E-state index in [0.29, 0.717) is 0 Å². The fourth-order valence-electron chi connectivity index (χ4n) is 8.51. The van der Waals surface area contributed by atoms with Crippen LogP contribution in [0, 0.1) is 13.8 Å². The van der Waals surface area contributed by atoms with Gasteiger partial charge in [0.25, 0.3) is 0 Å². The Hall–Kier alpha value is -6.58. The summed E-state index contributed by atoms with van der Waals surface area (Å²) in [6, 6.07) is 59.9. The van der Waals surface area contributed by atoms with E-state index in [2.05, 4.69) is 204 Å². The van der Waals surface area contributed by atoms with Crippen LogP contribution in [0.15, 0.2) is 170 Å². The van der Waals surface area contributed by atoms with E-state index in [1.807, 2.05) is 0 Å². The van der Waals surface area contributed by atoms with Gasteiger partial charge >= 0.3 is 0 Å². The Bertz CT molecular complexity index is 2820. The molecule has 0 atom stereocenters. The molecule has 3 nitrogen and oxygen atoms in total. The summed E-state index contributed by atoms with van der Waals surface area (Å²) in [4.78, 5) is 2.40. The van der Waals surface area contributed by atoms with Crippen LogP contribution in [0.4, 0.5) is 17.1 Å². The van der Waals surface area contributed by atoms with Crippen LogP contribution in [0.3, 0.4) is 0 Å². The lowest BCUT2D eigenvalue weighted by Gasteiger charge is -2.29. The number of para-hydroxylation sites is 4. The first kappa shape index (κ1) is 31.2. The van der Waals surface area contributed by atoms with Gasteiger partial charge in [0.05, 0.1) is 16.6 Å². The summed E-state index contributed by atoms with van der Waals surface area (Å²) in [5.41, 5.74) is 17.2. The van der Waals surface area contributed by atoms with E-state index in [4.69, 9.17) is 0 Å². The molecule has 3 heteroatoms. The second-order valence-corrected chi connectivity index (χ2v) is 14.2. The Balaban J connectivity index is 1.12. The number of hydrogen-bond donors (Lipinski definition) is 0. The normalized spacial score (nSPS) is 12.5. The Labute approximate surface area is 310 Å². The number of aryl methyl sites for hydroxylation is 2. The predicted molar refractivity (Wildman–Crippen MR) is 225 cm³/mol. The summed E-state index contributed by atoms with van der Waals surface area (Å²) in [5, 5.41) is 3.81. The highest BCUT2D eigenvalue weighted by atomic mass is 15.1. The molecule has 53 heavy (non-hydrogen) atoms. The van der Waals surface area contributed by atoms with Crippen molar-refractivity contribution in [3.63, 3.8) is 0 Å². The first-order chi connectivity index (χ1) is 26.1. The molecule has 1 aliphatic carbocycles. The highest BCUT2D eigenvalue weighted by molar-refractivity contribution is 6.11. The number of benzene rings is 7. The quantitative estimate of drug-likeness (QED) is 0.170. The molecule has 0 unspecified atom stereocenters. The van der Waals surface area contributed by atoms with Gasteiger partial charge in [0, 0.05) is 55.9 Å². The van der Waals surface area contributed by atoms with Gasteiger partial charge in [-0.05, 0) is 122 Å². The summed E-state index contributed by atoms with van der Waals surface area (Å²) in [6.45, 7) is 4.38. The van der Waals surface area contributed by atoms with Crippen LogP contribution >= 0.6 is 0 Å². The molecule has 0 amide bonds. The minimum Gasteiger partial charge on any atom is -0.313 e.